The lowest BCUT2D eigenvalue weighted by atomic mass is 10.2. The van der Waals surface area contributed by atoms with Crippen LogP contribution in [-0.4, -0.2) is 56.7 Å². The van der Waals surface area contributed by atoms with Crippen molar-refractivity contribution in [2.45, 2.75) is 0 Å². The molecule has 0 atom stereocenters. The molecule has 0 bridgehead atoms. The van der Waals surface area contributed by atoms with Crippen LogP contribution in [0.25, 0.3) is 0 Å². The van der Waals surface area contributed by atoms with Gasteiger partial charge >= 0.3 is 0 Å². The molecule has 0 spiro atoms. The molecule has 0 amide bonds. The van der Waals surface area contributed by atoms with E-state index in [2.05, 4.69) is 40.9 Å². The molecule has 4 nitrogen and oxygen atoms in total. The monoisotopic (exact) mass is 234 g/mol. The van der Waals surface area contributed by atoms with Gasteiger partial charge in [-0.15, -0.1) is 0 Å². The van der Waals surface area contributed by atoms with Gasteiger partial charge in [-0.1, -0.05) is 0 Å². The number of rotatable bonds is 3. The highest BCUT2D eigenvalue weighted by atomic mass is 15.3. The van der Waals surface area contributed by atoms with Gasteiger partial charge in [0.1, 0.15) is 0 Å². The Kier molecular flexibility index (Phi) is 3.86. The number of nitrogens with two attached hydrogens (primary N) is 1. The SMILES string of the molecule is CN(C)CN1CCN(c2ccc(N)cc2)CC1. The van der Waals surface area contributed by atoms with E-state index in [9.17, 15) is 0 Å². The predicted molar refractivity (Wildman–Crippen MR) is 73.2 cm³/mol. The molecule has 0 radical (unpaired) electrons. The molecular weight excluding hydrogens is 212 g/mol. The first-order chi connectivity index (χ1) is 8.15. The van der Waals surface area contributed by atoms with Gasteiger partial charge in [-0.05, 0) is 38.4 Å². The van der Waals surface area contributed by atoms with E-state index in [0.717, 1.165) is 38.5 Å². The highest BCUT2D eigenvalue weighted by Crippen LogP contribution is 2.17. The van der Waals surface area contributed by atoms with Crippen molar-refractivity contribution < 1.29 is 0 Å². The third-order valence-corrected chi connectivity index (χ3v) is 3.11. The number of benzene rings is 1. The van der Waals surface area contributed by atoms with Crippen molar-refractivity contribution in [3.8, 4) is 0 Å². The fourth-order valence-electron chi connectivity index (χ4n) is 2.23. The van der Waals surface area contributed by atoms with Gasteiger partial charge in [0.05, 0.1) is 6.67 Å². The first kappa shape index (κ1) is 12.2. The number of hydrogen-bond acceptors (Lipinski definition) is 4. The minimum absolute atomic E-state index is 0.833. The number of nitrogen functional groups attached to an aromatic ring is 1. The Morgan fingerprint density at radius 1 is 1.06 bits per heavy atom. The van der Waals surface area contributed by atoms with E-state index in [1.54, 1.807) is 0 Å². The summed E-state index contributed by atoms with van der Waals surface area (Å²) < 4.78 is 0. The maximum atomic E-state index is 5.70. The summed E-state index contributed by atoms with van der Waals surface area (Å²) in [5, 5.41) is 0. The Balaban J connectivity index is 1.88. The van der Waals surface area contributed by atoms with Gasteiger partial charge in [-0.3, -0.25) is 9.80 Å². The number of anilines is 2. The van der Waals surface area contributed by atoms with Crippen molar-refractivity contribution in [3.63, 3.8) is 0 Å². The molecule has 0 unspecified atom stereocenters. The highest BCUT2D eigenvalue weighted by Gasteiger charge is 2.16. The van der Waals surface area contributed by atoms with Crippen LogP contribution < -0.4 is 10.6 Å². The Morgan fingerprint density at radius 3 is 2.18 bits per heavy atom. The lowest BCUT2D eigenvalue weighted by molar-refractivity contribution is 0.168. The second kappa shape index (κ2) is 5.38. The zero-order valence-corrected chi connectivity index (χ0v) is 10.8. The van der Waals surface area contributed by atoms with Crippen LogP contribution in [0.4, 0.5) is 11.4 Å². The quantitative estimate of drug-likeness (QED) is 0.789. The molecule has 1 aromatic carbocycles. The minimum atomic E-state index is 0.833. The summed E-state index contributed by atoms with van der Waals surface area (Å²) in [7, 11) is 4.23. The average molecular weight is 234 g/mol. The lowest BCUT2D eigenvalue weighted by Crippen LogP contribution is -2.49. The fourth-order valence-corrected chi connectivity index (χ4v) is 2.23. The topological polar surface area (TPSA) is 35.7 Å². The molecular formula is C13H22N4. The molecule has 2 N–H and O–H groups in total. The molecule has 2 rings (SSSR count). The van der Waals surface area contributed by atoms with Crippen molar-refractivity contribution in [1.82, 2.24) is 9.80 Å². The summed E-state index contributed by atoms with van der Waals surface area (Å²) >= 11 is 0. The van der Waals surface area contributed by atoms with Crippen LogP contribution in [0.2, 0.25) is 0 Å². The second-order valence-corrected chi connectivity index (χ2v) is 4.92. The summed E-state index contributed by atoms with van der Waals surface area (Å²) in [4.78, 5) is 7.12. The van der Waals surface area contributed by atoms with Crippen LogP contribution in [0.15, 0.2) is 24.3 Å². The van der Waals surface area contributed by atoms with Crippen LogP contribution >= 0.6 is 0 Å². The zero-order valence-electron chi connectivity index (χ0n) is 10.8. The van der Waals surface area contributed by atoms with Crippen molar-refractivity contribution in [3.05, 3.63) is 24.3 Å². The molecule has 1 aromatic rings. The standard InChI is InChI=1S/C13H22N4/c1-15(2)11-16-7-9-17(10-8-16)13-5-3-12(14)4-6-13/h3-6H,7-11,14H2,1-2H3. The van der Waals surface area contributed by atoms with E-state index in [4.69, 9.17) is 5.73 Å². The van der Waals surface area contributed by atoms with Crippen molar-refractivity contribution in [1.29, 1.82) is 0 Å². The van der Waals surface area contributed by atoms with Gasteiger partial charge < -0.3 is 10.6 Å². The maximum Gasteiger partial charge on any atom is 0.0502 e. The second-order valence-electron chi connectivity index (χ2n) is 4.92. The molecule has 17 heavy (non-hydrogen) atoms. The lowest BCUT2D eigenvalue weighted by Gasteiger charge is -2.37. The molecule has 0 aliphatic carbocycles. The van der Waals surface area contributed by atoms with Crippen LogP contribution in [0, 0.1) is 0 Å². The van der Waals surface area contributed by atoms with E-state index in [1.807, 2.05) is 12.1 Å². The van der Waals surface area contributed by atoms with Gasteiger partial charge in [-0.25, -0.2) is 0 Å². The summed E-state index contributed by atoms with van der Waals surface area (Å²) in [6.07, 6.45) is 0. The summed E-state index contributed by atoms with van der Waals surface area (Å²) in [5.41, 5.74) is 7.82. The third kappa shape index (κ3) is 3.35. The van der Waals surface area contributed by atoms with E-state index in [1.165, 1.54) is 5.69 Å². The van der Waals surface area contributed by atoms with Crippen LogP contribution in [0.1, 0.15) is 0 Å². The predicted octanol–water partition coefficient (Wildman–Crippen LogP) is 0.910. The number of hydrogen-bond donors (Lipinski definition) is 1. The van der Waals surface area contributed by atoms with Gasteiger partial charge in [0.15, 0.2) is 0 Å². The Bertz CT molecular complexity index is 339. The zero-order chi connectivity index (χ0) is 12.3. The summed E-state index contributed by atoms with van der Waals surface area (Å²) in [6, 6.07) is 8.16. The maximum absolute atomic E-state index is 5.70. The molecule has 1 aliphatic heterocycles. The number of piperazine rings is 1. The first-order valence-corrected chi connectivity index (χ1v) is 6.13. The minimum Gasteiger partial charge on any atom is -0.399 e. The van der Waals surface area contributed by atoms with Crippen LogP contribution in [0.5, 0.6) is 0 Å². The van der Waals surface area contributed by atoms with E-state index in [-0.39, 0.29) is 0 Å². The van der Waals surface area contributed by atoms with Gasteiger partial charge in [0, 0.05) is 37.6 Å². The van der Waals surface area contributed by atoms with Crippen LogP contribution in [0.3, 0.4) is 0 Å². The molecule has 1 saturated heterocycles. The molecule has 94 valence electrons. The van der Waals surface area contributed by atoms with Gasteiger partial charge in [0.25, 0.3) is 0 Å². The Hall–Kier alpha value is -1.26. The molecule has 1 aliphatic rings. The Morgan fingerprint density at radius 2 is 1.65 bits per heavy atom. The first-order valence-electron chi connectivity index (χ1n) is 6.13. The smallest absolute Gasteiger partial charge is 0.0502 e. The van der Waals surface area contributed by atoms with Crippen molar-refractivity contribution in [2.24, 2.45) is 0 Å². The normalized spacial score (nSPS) is 17.7. The largest absolute Gasteiger partial charge is 0.399 e. The number of nitrogens with zero attached hydrogens (tertiary/aromatic N) is 3. The third-order valence-electron chi connectivity index (χ3n) is 3.11. The van der Waals surface area contributed by atoms with Gasteiger partial charge in [-0.2, -0.15) is 0 Å². The van der Waals surface area contributed by atoms with E-state index >= 15 is 0 Å². The summed E-state index contributed by atoms with van der Waals surface area (Å²) in [5.74, 6) is 0. The molecule has 4 heteroatoms. The van der Waals surface area contributed by atoms with Crippen molar-refractivity contribution in [2.75, 3.05) is 57.6 Å². The van der Waals surface area contributed by atoms with Crippen LogP contribution in [-0.2, 0) is 0 Å². The van der Waals surface area contributed by atoms with Gasteiger partial charge in [0.2, 0.25) is 0 Å². The Labute approximate surface area is 104 Å². The molecule has 1 heterocycles. The highest BCUT2D eigenvalue weighted by molar-refractivity contribution is 5.53. The average Bonchev–Trinajstić information content (AvgIpc) is 2.30. The van der Waals surface area contributed by atoms with E-state index < -0.39 is 0 Å². The van der Waals surface area contributed by atoms with E-state index in [0.29, 0.717) is 0 Å². The molecule has 1 fully saturated rings. The summed E-state index contributed by atoms with van der Waals surface area (Å²) in [6.45, 7) is 5.50. The van der Waals surface area contributed by atoms with Crippen molar-refractivity contribution >= 4 is 11.4 Å². The molecule has 0 saturated carbocycles. The molecule has 0 aromatic heterocycles. The fraction of sp³-hybridized carbons (Fsp3) is 0.538.